The van der Waals surface area contributed by atoms with Gasteiger partial charge in [-0.3, -0.25) is 14.5 Å². The van der Waals surface area contributed by atoms with Crippen molar-refractivity contribution in [2.45, 2.75) is 6.92 Å². The molecule has 1 amide bonds. The molecule has 1 aliphatic rings. The molecular formula is C21H17NO6S2. The molecule has 3 rings (SSSR count). The zero-order valence-electron chi connectivity index (χ0n) is 16.1. The lowest BCUT2D eigenvalue weighted by Crippen LogP contribution is -2.33. The van der Waals surface area contributed by atoms with Gasteiger partial charge in [-0.1, -0.05) is 47.7 Å². The lowest BCUT2D eigenvalue weighted by atomic mass is 10.1. The van der Waals surface area contributed by atoms with Crippen LogP contribution in [0.2, 0.25) is 0 Å². The van der Waals surface area contributed by atoms with E-state index in [9.17, 15) is 14.4 Å². The monoisotopic (exact) mass is 443 g/mol. The summed E-state index contributed by atoms with van der Waals surface area (Å²) in [5, 5.41) is 8.91. The van der Waals surface area contributed by atoms with E-state index < -0.39 is 24.4 Å². The molecule has 0 saturated carbocycles. The first-order valence-corrected chi connectivity index (χ1v) is 9.95. The lowest BCUT2D eigenvalue weighted by Gasteiger charge is -2.11. The second kappa shape index (κ2) is 9.10. The summed E-state index contributed by atoms with van der Waals surface area (Å²) in [6, 6.07) is 11.8. The number of aryl methyl sites for hydroxylation is 1. The number of amides is 1. The molecule has 2 aromatic rings. The average Bonchev–Trinajstić information content (AvgIpc) is 2.96. The largest absolute Gasteiger partial charge is 0.493 e. The number of carbonyl (C=O) groups excluding carboxylic acids is 2. The molecule has 1 fully saturated rings. The van der Waals surface area contributed by atoms with Crippen molar-refractivity contribution in [2.75, 3.05) is 13.7 Å². The number of carboxylic acids is 1. The third-order valence-electron chi connectivity index (χ3n) is 4.14. The van der Waals surface area contributed by atoms with Crippen LogP contribution in [-0.2, 0) is 9.59 Å². The fourth-order valence-corrected chi connectivity index (χ4v) is 3.88. The molecular weight excluding hydrogens is 426 g/mol. The van der Waals surface area contributed by atoms with Crippen molar-refractivity contribution in [3.8, 4) is 11.5 Å². The molecule has 9 heteroatoms. The van der Waals surface area contributed by atoms with Crippen molar-refractivity contribution < 1.29 is 29.0 Å². The predicted molar refractivity (Wildman–Crippen MR) is 117 cm³/mol. The van der Waals surface area contributed by atoms with E-state index in [0.717, 1.165) is 22.2 Å². The minimum Gasteiger partial charge on any atom is -0.493 e. The van der Waals surface area contributed by atoms with Crippen LogP contribution in [0.25, 0.3) is 6.08 Å². The standard InChI is InChI=1S/C21H17NO6S2/c1-12-3-6-14(7-4-12)20(26)28-15-8-5-13(9-16(15)27-2)10-17-19(25)22(11-18(23)24)21(29)30-17/h3-10H,11H2,1-2H3,(H,23,24)/b17-10-. The van der Waals surface area contributed by atoms with E-state index in [4.69, 9.17) is 26.8 Å². The smallest absolute Gasteiger partial charge is 0.343 e. The molecule has 0 radical (unpaired) electrons. The van der Waals surface area contributed by atoms with Crippen molar-refractivity contribution in [1.82, 2.24) is 4.90 Å². The molecule has 30 heavy (non-hydrogen) atoms. The van der Waals surface area contributed by atoms with Gasteiger partial charge in [0.25, 0.3) is 5.91 Å². The highest BCUT2D eigenvalue weighted by atomic mass is 32.2. The highest BCUT2D eigenvalue weighted by Gasteiger charge is 2.33. The van der Waals surface area contributed by atoms with Crippen molar-refractivity contribution in [3.63, 3.8) is 0 Å². The molecule has 2 aromatic carbocycles. The number of thioether (sulfide) groups is 1. The van der Waals surface area contributed by atoms with E-state index in [1.165, 1.54) is 7.11 Å². The molecule has 0 spiro atoms. The van der Waals surface area contributed by atoms with Crippen LogP contribution in [0, 0.1) is 6.92 Å². The Bertz CT molecular complexity index is 1060. The summed E-state index contributed by atoms with van der Waals surface area (Å²) in [6.07, 6.45) is 1.58. The van der Waals surface area contributed by atoms with Crippen LogP contribution in [0.15, 0.2) is 47.4 Å². The maximum Gasteiger partial charge on any atom is 0.343 e. The van der Waals surface area contributed by atoms with E-state index in [1.807, 2.05) is 19.1 Å². The third-order valence-corrected chi connectivity index (χ3v) is 5.52. The molecule has 1 saturated heterocycles. The number of carboxylic acid groups (broad SMARTS) is 1. The van der Waals surface area contributed by atoms with Crippen LogP contribution in [0.1, 0.15) is 21.5 Å². The van der Waals surface area contributed by atoms with Gasteiger partial charge in [0.15, 0.2) is 11.5 Å². The van der Waals surface area contributed by atoms with Crippen LogP contribution in [-0.4, -0.2) is 45.8 Å². The number of rotatable bonds is 6. The second-order valence-electron chi connectivity index (χ2n) is 6.33. The van der Waals surface area contributed by atoms with Gasteiger partial charge >= 0.3 is 11.9 Å². The van der Waals surface area contributed by atoms with E-state index in [2.05, 4.69) is 0 Å². The molecule has 0 atom stereocenters. The molecule has 0 aromatic heterocycles. The number of nitrogens with zero attached hydrogens (tertiary/aromatic N) is 1. The number of methoxy groups -OCH3 is 1. The van der Waals surface area contributed by atoms with Crippen LogP contribution < -0.4 is 9.47 Å². The van der Waals surface area contributed by atoms with Gasteiger partial charge in [0.1, 0.15) is 10.9 Å². The van der Waals surface area contributed by atoms with Crippen molar-refractivity contribution in [1.29, 1.82) is 0 Å². The van der Waals surface area contributed by atoms with Crippen LogP contribution in [0.3, 0.4) is 0 Å². The summed E-state index contributed by atoms with van der Waals surface area (Å²) in [5.41, 5.74) is 2.05. The summed E-state index contributed by atoms with van der Waals surface area (Å²) >= 11 is 6.11. The number of hydrogen-bond acceptors (Lipinski definition) is 7. The number of carbonyl (C=O) groups is 3. The molecule has 0 aliphatic carbocycles. The molecule has 154 valence electrons. The minimum absolute atomic E-state index is 0.185. The topological polar surface area (TPSA) is 93.1 Å². The first-order valence-electron chi connectivity index (χ1n) is 8.72. The van der Waals surface area contributed by atoms with Gasteiger partial charge in [0.05, 0.1) is 17.6 Å². The predicted octanol–water partition coefficient (Wildman–Crippen LogP) is 3.51. The van der Waals surface area contributed by atoms with Gasteiger partial charge in [0, 0.05) is 0 Å². The Morgan fingerprint density at radius 1 is 1.17 bits per heavy atom. The van der Waals surface area contributed by atoms with Crippen LogP contribution in [0.5, 0.6) is 11.5 Å². The first kappa shape index (κ1) is 21.5. The maximum atomic E-state index is 12.4. The van der Waals surface area contributed by atoms with Gasteiger partial charge in [-0.05, 0) is 42.8 Å². The van der Waals surface area contributed by atoms with Gasteiger partial charge in [-0.2, -0.15) is 0 Å². The van der Waals surface area contributed by atoms with Crippen molar-refractivity contribution in [3.05, 3.63) is 64.1 Å². The molecule has 7 nitrogen and oxygen atoms in total. The van der Waals surface area contributed by atoms with Crippen molar-refractivity contribution in [2.24, 2.45) is 0 Å². The van der Waals surface area contributed by atoms with Gasteiger partial charge in [-0.25, -0.2) is 4.79 Å². The molecule has 1 N–H and O–H groups in total. The second-order valence-corrected chi connectivity index (χ2v) is 8.00. The van der Waals surface area contributed by atoms with E-state index in [0.29, 0.717) is 21.8 Å². The highest BCUT2D eigenvalue weighted by molar-refractivity contribution is 8.26. The number of thiocarbonyl (C=S) groups is 1. The fraction of sp³-hybridized carbons (Fsp3) is 0.143. The summed E-state index contributed by atoms with van der Waals surface area (Å²) < 4.78 is 10.9. The Morgan fingerprint density at radius 2 is 1.87 bits per heavy atom. The van der Waals surface area contributed by atoms with Crippen LogP contribution in [0.4, 0.5) is 0 Å². The summed E-state index contributed by atoms with van der Waals surface area (Å²) in [4.78, 5) is 37.0. The normalized spacial score (nSPS) is 14.9. The Balaban J connectivity index is 1.80. The number of hydrogen-bond donors (Lipinski definition) is 1. The van der Waals surface area contributed by atoms with Crippen LogP contribution >= 0.6 is 24.0 Å². The van der Waals surface area contributed by atoms with Crippen molar-refractivity contribution >= 4 is 52.2 Å². The van der Waals surface area contributed by atoms with E-state index in [-0.39, 0.29) is 10.1 Å². The SMILES string of the molecule is COc1cc(/C=C2\SC(=S)N(CC(=O)O)C2=O)ccc1OC(=O)c1ccc(C)cc1. The molecule has 0 unspecified atom stereocenters. The molecule has 0 bridgehead atoms. The van der Waals surface area contributed by atoms with E-state index in [1.54, 1.807) is 36.4 Å². The number of benzene rings is 2. The Morgan fingerprint density at radius 3 is 2.50 bits per heavy atom. The zero-order chi connectivity index (χ0) is 21.8. The summed E-state index contributed by atoms with van der Waals surface area (Å²) in [7, 11) is 1.44. The summed E-state index contributed by atoms with van der Waals surface area (Å²) in [6.45, 7) is 1.44. The van der Waals surface area contributed by atoms with E-state index >= 15 is 0 Å². The lowest BCUT2D eigenvalue weighted by molar-refractivity contribution is -0.140. The quantitative estimate of drug-likeness (QED) is 0.314. The van der Waals surface area contributed by atoms with Gasteiger partial charge in [0.2, 0.25) is 0 Å². The third kappa shape index (κ3) is 4.87. The molecule has 1 aliphatic heterocycles. The maximum absolute atomic E-state index is 12.4. The number of aliphatic carboxylic acids is 1. The fourth-order valence-electron chi connectivity index (χ4n) is 2.63. The Kier molecular flexibility index (Phi) is 6.53. The highest BCUT2D eigenvalue weighted by Crippen LogP contribution is 2.34. The number of esters is 1. The first-order chi connectivity index (χ1) is 14.3. The number of ether oxygens (including phenoxy) is 2. The average molecular weight is 444 g/mol. The summed E-state index contributed by atoms with van der Waals surface area (Å²) in [5.74, 6) is -1.59. The van der Waals surface area contributed by atoms with Gasteiger partial charge in [-0.15, -0.1) is 0 Å². The molecule has 1 heterocycles. The Hall–Kier alpha value is -3.17. The zero-order valence-corrected chi connectivity index (χ0v) is 17.7. The Labute approximate surface area is 182 Å². The minimum atomic E-state index is -1.14. The van der Waals surface area contributed by atoms with Gasteiger partial charge < -0.3 is 14.6 Å².